The number of carbonyl (C=O) groups is 3. The summed E-state index contributed by atoms with van der Waals surface area (Å²) in [4.78, 5) is 39.3. The largest absolute Gasteiger partial charge is 0.480 e. The lowest BCUT2D eigenvalue weighted by molar-refractivity contribution is -0.152. The number of carboxylic acids is 1. The minimum absolute atomic E-state index is 0.0167. The first kappa shape index (κ1) is 23.3. The normalized spacial score (nSPS) is 24.8. The fourth-order valence-corrected chi connectivity index (χ4v) is 5.06. The highest BCUT2D eigenvalue weighted by Crippen LogP contribution is 2.40. The predicted molar refractivity (Wildman–Crippen MR) is 116 cm³/mol. The second-order valence-corrected chi connectivity index (χ2v) is 8.66. The number of nitrogens with zero attached hydrogens (tertiary/aromatic N) is 1. The maximum atomic E-state index is 13.4. The van der Waals surface area contributed by atoms with Crippen molar-refractivity contribution in [3.8, 4) is 0 Å². The molecule has 0 bridgehead atoms. The second kappa shape index (κ2) is 10.8. The number of rotatable bonds is 9. The number of esters is 1. The maximum Gasteiger partial charge on any atom is 0.326 e. The summed E-state index contributed by atoms with van der Waals surface area (Å²) in [5, 5.41) is 12.9. The molecular weight excluding hydrogens is 396 g/mol. The average Bonchev–Trinajstić information content (AvgIpc) is 3.16. The Labute approximate surface area is 184 Å². The van der Waals surface area contributed by atoms with Gasteiger partial charge in [-0.2, -0.15) is 0 Å². The molecule has 5 atom stereocenters. The highest BCUT2D eigenvalue weighted by Gasteiger charge is 2.48. The van der Waals surface area contributed by atoms with Crippen LogP contribution in [0.1, 0.15) is 57.9 Å². The van der Waals surface area contributed by atoms with Gasteiger partial charge in [0, 0.05) is 6.04 Å². The van der Waals surface area contributed by atoms with Crippen LogP contribution in [0.25, 0.3) is 0 Å². The molecule has 0 unspecified atom stereocenters. The first-order valence-electron chi connectivity index (χ1n) is 11.4. The molecule has 7 heteroatoms. The van der Waals surface area contributed by atoms with E-state index in [4.69, 9.17) is 4.74 Å². The quantitative estimate of drug-likeness (QED) is 0.585. The van der Waals surface area contributed by atoms with Gasteiger partial charge in [-0.15, -0.1) is 0 Å². The van der Waals surface area contributed by atoms with Crippen molar-refractivity contribution in [3.05, 3.63) is 35.9 Å². The zero-order valence-corrected chi connectivity index (χ0v) is 18.5. The Morgan fingerprint density at radius 3 is 2.58 bits per heavy atom. The lowest BCUT2D eigenvalue weighted by Crippen LogP contribution is -2.55. The second-order valence-electron chi connectivity index (χ2n) is 8.66. The van der Waals surface area contributed by atoms with Gasteiger partial charge in [-0.25, -0.2) is 4.79 Å². The Balaban J connectivity index is 1.70. The van der Waals surface area contributed by atoms with Crippen LogP contribution in [0.15, 0.2) is 30.3 Å². The lowest BCUT2D eigenvalue weighted by atomic mass is 9.84. The smallest absolute Gasteiger partial charge is 0.326 e. The number of carbonyl (C=O) groups excluding carboxylic acids is 2. The van der Waals surface area contributed by atoms with Crippen molar-refractivity contribution in [2.24, 2.45) is 5.92 Å². The van der Waals surface area contributed by atoms with Crippen LogP contribution in [-0.2, 0) is 25.5 Å². The molecule has 1 saturated heterocycles. The molecule has 1 amide bonds. The summed E-state index contributed by atoms with van der Waals surface area (Å²) in [6.45, 7) is 3.74. The molecule has 0 radical (unpaired) electrons. The van der Waals surface area contributed by atoms with E-state index in [0.29, 0.717) is 19.3 Å². The molecule has 1 aliphatic carbocycles. The highest BCUT2D eigenvalue weighted by atomic mass is 16.5. The lowest BCUT2D eigenvalue weighted by Gasteiger charge is -2.35. The van der Waals surface area contributed by atoms with Crippen LogP contribution in [0.2, 0.25) is 0 Å². The van der Waals surface area contributed by atoms with Gasteiger partial charge < -0.3 is 14.7 Å². The molecule has 0 spiro atoms. The summed E-state index contributed by atoms with van der Waals surface area (Å²) >= 11 is 0. The molecule has 2 fully saturated rings. The van der Waals surface area contributed by atoms with Gasteiger partial charge in [0.2, 0.25) is 5.91 Å². The van der Waals surface area contributed by atoms with E-state index in [0.717, 1.165) is 31.2 Å². The van der Waals surface area contributed by atoms with Gasteiger partial charge in [0.1, 0.15) is 12.1 Å². The van der Waals surface area contributed by atoms with Crippen LogP contribution < -0.4 is 5.32 Å². The number of aliphatic carboxylic acids is 1. The van der Waals surface area contributed by atoms with Crippen molar-refractivity contribution in [3.63, 3.8) is 0 Å². The number of amides is 1. The third kappa shape index (κ3) is 5.64. The molecule has 1 aliphatic heterocycles. The number of hydrogen-bond acceptors (Lipinski definition) is 5. The van der Waals surface area contributed by atoms with E-state index in [1.807, 2.05) is 30.3 Å². The van der Waals surface area contributed by atoms with Gasteiger partial charge in [-0.1, -0.05) is 43.2 Å². The molecule has 1 aromatic carbocycles. The van der Waals surface area contributed by atoms with Crippen molar-refractivity contribution >= 4 is 17.8 Å². The fourth-order valence-electron chi connectivity index (χ4n) is 5.06. The van der Waals surface area contributed by atoms with Gasteiger partial charge in [0.15, 0.2) is 0 Å². The number of benzene rings is 1. The van der Waals surface area contributed by atoms with Crippen molar-refractivity contribution in [1.29, 1.82) is 0 Å². The van der Waals surface area contributed by atoms with E-state index in [1.54, 1.807) is 18.7 Å². The molecule has 3 rings (SSSR count). The van der Waals surface area contributed by atoms with E-state index < -0.39 is 24.1 Å². The number of hydrogen-bond donors (Lipinski definition) is 2. The predicted octanol–water partition coefficient (Wildman–Crippen LogP) is 2.77. The van der Waals surface area contributed by atoms with Crippen molar-refractivity contribution in [1.82, 2.24) is 10.2 Å². The Kier molecular flexibility index (Phi) is 8.07. The number of ether oxygens (including phenoxy) is 1. The molecule has 170 valence electrons. The number of nitrogens with one attached hydrogen (secondary N) is 1. The summed E-state index contributed by atoms with van der Waals surface area (Å²) < 4.78 is 5.22. The van der Waals surface area contributed by atoms with Gasteiger partial charge in [0.05, 0.1) is 12.6 Å². The molecule has 31 heavy (non-hydrogen) atoms. The minimum Gasteiger partial charge on any atom is -0.480 e. The Hall–Kier alpha value is -2.41. The summed E-state index contributed by atoms with van der Waals surface area (Å²) in [6, 6.07) is 7.75. The molecule has 2 N–H and O–H groups in total. The standard InChI is InChI=1S/C24H34N2O5/c1-3-31-24(30)19(14-13-17-9-5-4-6-10-17)25-16(2)22(27)26-20-12-8-7-11-18(20)15-21(26)23(28)29/h4-6,9-10,16,18-21,25H,3,7-8,11-15H2,1-2H3,(H,28,29)/t16-,18-,19+,20-,21+/m1/s1. The van der Waals surface area contributed by atoms with E-state index in [-0.39, 0.29) is 30.4 Å². The van der Waals surface area contributed by atoms with Crippen molar-refractivity contribution < 1.29 is 24.2 Å². The van der Waals surface area contributed by atoms with Crippen molar-refractivity contribution in [2.45, 2.75) is 83.0 Å². The topological polar surface area (TPSA) is 95.9 Å². The zero-order chi connectivity index (χ0) is 22.4. The van der Waals surface area contributed by atoms with Gasteiger partial charge in [0.25, 0.3) is 0 Å². The Morgan fingerprint density at radius 2 is 1.90 bits per heavy atom. The average molecular weight is 431 g/mol. The number of likely N-dealkylation sites (tertiary alicyclic amines) is 1. The first-order valence-corrected chi connectivity index (χ1v) is 11.4. The third-order valence-electron chi connectivity index (χ3n) is 6.58. The number of fused-ring (bicyclic) bond motifs is 1. The summed E-state index contributed by atoms with van der Waals surface area (Å²) in [5.41, 5.74) is 1.10. The van der Waals surface area contributed by atoms with Crippen LogP contribution in [0.5, 0.6) is 0 Å². The number of carboxylic acid groups (broad SMARTS) is 1. The first-order chi connectivity index (χ1) is 14.9. The highest BCUT2D eigenvalue weighted by molar-refractivity contribution is 5.88. The van der Waals surface area contributed by atoms with Crippen LogP contribution in [0.4, 0.5) is 0 Å². The summed E-state index contributed by atoms with van der Waals surface area (Å²) in [7, 11) is 0. The maximum absolute atomic E-state index is 13.4. The molecular formula is C24H34N2O5. The van der Waals surface area contributed by atoms with Crippen LogP contribution in [0, 0.1) is 5.92 Å². The molecule has 7 nitrogen and oxygen atoms in total. The number of aryl methyl sites for hydroxylation is 1. The minimum atomic E-state index is -0.944. The molecule has 1 saturated carbocycles. The van der Waals surface area contributed by atoms with Gasteiger partial charge in [-0.3, -0.25) is 14.9 Å². The van der Waals surface area contributed by atoms with Crippen LogP contribution in [-0.4, -0.2) is 58.6 Å². The SMILES string of the molecule is CCOC(=O)[C@H](CCc1ccccc1)N[C@H](C)C(=O)N1[C@@H]2CCCC[C@@H]2C[C@H]1C(=O)O. The molecule has 0 aromatic heterocycles. The summed E-state index contributed by atoms with van der Waals surface area (Å²) in [6.07, 6.45) is 5.62. The van der Waals surface area contributed by atoms with E-state index in [2.05, 4.69) is 5.32 Å². The van der Waals surface area contributed by atoms with Crippen LogP contribution >= 0.6 is 0 Å². The molecule has 2 aliphatic rings. The fraction of sp³-hybridized carbons (Fsp3) is 0.625. The Morgan fingerprint density at radius 1 is 1.19 bits per heavy atom. The van der Waals surface area contributed by atoms with E-state index >= 15 is 0 Å². The van der Waals surface area contributed by atoms with Gasteiger partial charge in [-0.05, 0) is 57.4 Å². The zero-order valence-electron chi connectivity index (χ0n) is 18.5. The van der Waals surface area contributed by atoms with E-state index in [9.17, 15) is 19.5 Å². The van der Waals surface area contributed by atoms with Crippen molar-refractivity contribution in [2.75, 3.05) is 6.61 Å². The molecule has 1 aromatic rings. The third-order valence-corrected chi connectivity index (χ3v) is 6.58. The summed E-state index contributed by atoms with van der Waals surface area (Å²) in [5.74, 6) is -1.31. The van der Waals surface area contributed by atoms with Gasteiger partial charge >= 0.3 is 11.9 Å². The monoisotopic (exact) mass is 430 g/mol. The Bertz CT molecular complexity index is 768. The van der Waals surface area contributed by atoms with E-state index in [1.165, 1.54) is 0 Å². The van der Waals surface area contributed by atoms with Crippen LogP contribution in [0.3, 0.4) is 0 Å². The molecule has 1 heterocycles.